The van der Waals surface area contributed by atoms with Crippen LogP contribution in [-0.2, 0) is 6.54 Å². The summed E-state index contributed by atoms with van der Waals surface area (Å²) in [5.41, 5.74) is 1.11. The summed E-state index contributed by atoms with van der Waals surface area (Å²) in [4.78, 5) is 0. The molecule has 0 aliphatic heterocycles. The smallest absolute Gasteiger partial charge is 0.165 e. The van der Waals surface area contributed by atoms with Crippen LogP contribution in [0.4, 0.5) is 0 Å². The molecule has 0 aromatic heterocycles. The van der Waals surface area contributed by atoms with E-state index in [0.29, 0.717) is 19.1 Å². The van der Waals surface area contributed by atoms with E-state index in [4.69, 9.17) is 14.7 Å². The van der Waals surface area contributed by atoms with Crippen molar-refractivity contribution >= 4 is 0 Å². The maximum absolute atomic E-state index is 8.53. The van der Waals surface area contributed by atoms with Crippen LogP contribution >= 0.6 is 0 Å². The lowest BCUT2D eigenvalue weighted by Gasteiger charge is -2.15. The van der Waals surface area contributed by atoms with Gasteiger partial charge in [0, 0.05) is 24.6 Å². The van der Waals surface area contributed by atoms with Gasteiger partial charge in [0.05, 0.1) is 19.8 Å². The topological polar surface area (TPSA) is 54.3 Å². The molecule has 0 saturated heterocycles. The molecule has 0 radical (unpaired) electrons. The summed E-state index contributed by atoms with van der Waals surface area (Å²) in [6.07, 6.45) is 3.79. The minimum atomic E-state index is 0.519. The standard InChI is InChI=1S/C15H20N2O2/c1-18-14-6-4-5-12(11-17-13-7-8-13)15(14)19-10-3-2-9-16/h4-6,13,17H,2-3,7-8,10-11H2,1H3. The number of nitrogens with one attached hydrogen (secondary N) is 1. The molecule has 1 N–H and O–H groups in total. The molecule has 1 saturated carbocycles. The Bertz CT molecular complexity index is 450. The van der Waals surface area contributed by atoms with E-state index in [1.165, 1.54) is 12.8 Å². The Morgan fingerprint density at radius 3 is 2.95 bits per heavy atom. The first-order valence-electron chi connectivity index (χ1n) is 6.74. The number of ether oxygens (including phenoxy) is 2. The van der Waals surface area contributed by atoms with Gasteiger partial charge in [0.1, 0.15) is 0 Å². The van der Waals surface area contributed by atoms with Crippen LogP contribution in [-0.4, -0.2) is 19.8 Å². The number of methoxy groups -OCH3 is 1. The van der Waals surface area contributed by atoms with E-state index in [-0.39, 0.29) is 0 Å². The van der Waals surface area contributed by atoms with E-state index in [1.807, 2.05) is 12.1 Å². The summed E-state index contributed by atoms with van der Waals surface area (Å²) < 4.78 is 11.1. The van der Waals surface area contributed by atoms with Crippen molar-refractivity contribution in [1.82, 2.24) is 5.32 Å². The zero-order chi connectivity index (χ0) is 13.5. The van der Waals surface area contributed by atoms with Crippen LogP contribution in [0.3, 0.4) is 0 Å². The van der Waals surface area contributed by atoms with Crippen molar-refractivity contribution in [2.24, 2.45) is 0 Å². The van der Waals surface area contributed by atoms with Gasteiger partial charge in [-0.1, -0.05) is 12.1 Å². The molecule has 1 aliphatic rings. The average Bonchev–Trinajstić information content (AvgIpc) is 3.26. The SMILES string of the molecule is COc1cccc(CNC2CC2)c1OCCCC#N. The van der Waals surface area contributed by atoms with E-state index in [2.05, 4.69) is 17.5 Å². The van der Waals surface area contributed by atoms with Crippen LogP contribution in [0.15, 0.2) is 18.2 Å². The maximum Gasteiger partial charge on any atom is 0.165 e. The summed E-state index contributed by atoms with van der Waals surface area (Å²) in [7, 11) is 1.65. The highest BCUT2D eigenvalue weighted by Gasteiger charge is 2.21. The molecule has 1 aliphatic carbocycles. The van der Waals surface area contributed by atoms with Gasteiger partial charge in [-0.25, -0.2) is 0 Å². The molecule has 0 spiro atoms. The lowest BCUT2D eigenvalue weighted by molar-refractivity contribution is 0.287. The van der Waals surface area contributed by atoms with Crippen LogP contribution in [0.1, 0.15) is 31.2 Å². The highest BCUT2D eigenvalue weighted by atomic mass is 16.5. The van der Waals surface area contributed by atoms with Crippen molar-refractivity contribution in [3.63, 3.8) is 0 Å². The second-order valence-corrected chi connectivity index (χ2v) is 4.71. The number of unbranched alkanes of at least 4 members (excludes halogenated alkanes) is 1. The van der Waals surface area contributed by atoms with E-state index in [1.54, 1.807) is 7.11 Å². The van der Waals surface area contributed by atoms with Gasteiger partial charge in [0.15, 0.2) is 11.5 Å². The second-order valence-electron chi connectivity index (χ2n) is 4.71. The van der Waals surface area contributed by atoms with E-state index >= 15 is 0 Å². The fourth-order valence-electron chi connectivity index (χ4n) is 1.89. The number of rotatable bonds is 8. The van der Waals surface area contributed by atoms with Crippen LogP contribution in [0, 0.1) is 11.3 Å². The van der Waals surface area contributed by atoms with Crippen molar-refractivity contribution in [3.8, 4) is 17.6 Å². The number of para-hydroxylation sites is 1. The zero-order valence-corrected chi connectivity index (χ0v) is 11.3. The maximum atomic E-state index is 8.53. The molecule has 19 heavy (non-hydrogen) atoms. The van der Waals surface area contributed by atoms with Gasteiger partial charge in [0.25, 0.3) is 0 Å². The summed E-state index contributed by atoms with van der Waals surface area (Å²) in [5, 5.41) is 12.0. The average molecular weight is 260 g/mol. The van der Waals surface area contributed by atoms with Gasteiger partial charge in [-0.15, -0.1) is 0 Å². The minimum Gasteiger partial charge on any atom is -0.493 e. The molecule has 1 aromatic rings. The predicted octanol–water partition coefficient (Wildman–Crippen LogP) is 2.63. The van der Waals surface area contributed by atoms with E-state index in [9.17, 15) is 0 Å². The van der Waals surface area contributed by atoms with Gasteiger partial charge in [-0.2, -0.15) is 5.26 Å². The molecule has 0 heterocycles. The Balaban J connectivity index is 2.00. The molecule has 1 aromatic carbocycles. The van der Waals surface area contributed by atoms with Gasteiger partial charge >= 0.3 is 0 Å². The molecule has 0 atom stereocenters. The molecule has 0 bridgehead atoms. The number of nitriles is 1. The highest BCUT2D eigenvalue weighted by Crippen LogP contribution is 2.32. The molecular formula is C15H20N2O2. The fraction of sp³-hybridized carbons (Fsp3) is 0.533. The van der Waals surface area contributed by atoms with Crippen molar-refractivity contribution < 1.29 is 9.47 Å². The number of benzene rings is 1. The zero-order valence-electron chi connectivity index (χ0n) is 11.3. The largest absolute Gasteiger partial charge is 0.493 e. The van der Waals surface area contributed by atoms with Crippen molar-refractivity contribution in [1.29, 1.82) is 5.26 Å². The minimum absolute atomic E-state index is 0.519. The van der Waals surface area contributed by atoms with Gasteiger partial charge < -0.3 is 14.8 Å². The molecule has 4 nitrogen and oxygen atoms in total. The third-order valence-corrected chi connectivity index (χ3v) is 3.12. The molecule has 2 rings (SSSR count). The molecular weight excluding hydrogens is 240 g/mol. The Kier molecular flexibility index (Phi) is 5.05. The monoisotopic (exact) mass is 260 g/mol. The predicted molar refractivity (Wildman–Crippen MR) is 73.2 cm³/mol. The molecule has 0 unspecified atom stereocenters. The van der Waals surface area contributed by atoms with Crippen molar-refractivity contribution in [2.75, 3.05) is 13.7 Å². The molecule has 4 heteroatoms. The second kappa shape index (κ2) is 7.01. The van der Waals surface area contributed by atoms with Crippen LogP contribution < -0.4 is 14.8 Å². The first-order chi connectivity index (χ1) is 9.35. The van der Waals surface area contributed by atoms with Gasteiger partial charge in [0.2, 0.25) is 0 Å². The Labute approximate surface area is 114 Å². The number of hydrogen-bond acceptors (Lipinski definition) is 4. The Hall–Kier alpha value is -1.73. The quantitative estimate of drug-likeness (QED) is 0.730. The third-order valence-electron chi connectivity index (χ3n) is 3.12. The van der Waals surface area contributed by atoms with Gasteiger partial charge in [-0.3, -0.25) is 0 Å². The lowest BCUT2D eigenvalue weighted by atomic mass is 10.2. The number of nitrogens with zero attached hydrogens (tertiary/aromatic N) is 1. The summed E-state index contributed by atoms with van der Waals surface area (Å²) in [6.45, 7) is 1.35. The molecule has 102 valence electrons. The van der Waals surface area contributed by atoms with E-state index < -0.39 is 0 Å². The van der Waals surface area contributed by atoms with E-state index in [0.717, 1.165) is 30.0 Å². The Morgan fingerprint density at radius 1 is 1.42 bits per heavy atom. The number of hydrogen-bond donors (Lipinski definition) is 1. The van der Waals surface area contributed by atoms with Crippen LogP contribution in [0.5, 0.6) is 11.5 Å². The highest BCUT2D eigenvalue weighted by molar-refractivity contribution is 5.46. The first-order valence-corrected chi connectivity index (χ1v) is 6.74. The lowest BCUT2D eigenvalue weighted by Crippen LogP contribution is -2.16. The van der Waals surface area contributed by atoms with Crippen LogP contribution in [0.25, 0.3) is 0 Å². The third kappa shape index (κ3) is 4.15. The Morgan fingerprint density at radius 2 is 2.26 bits per heavy atom. The normalized spacial score (nSPS) is 13.9. The summed E-state index contributed by atoms with van der Waals surface area (Å²) in [6, 6.07) is 8.72. The first kappa shape index (κ1) is 13.7. The summed E-state index contributed by atoms with van der Waals surface area (Å²) in [5.74, 6) is 1.56. The van der Waals surface area contributed by atoms with Crippen molar-refractivity contribution in [2.45, 2.75) is 38.3 Å². The summed E-state index contributed by atoms with van der Waals surface area (Å²) >= 11 is 0. The van der Waals surface area contributed by atoms with Crippen LogP contribution in [0.2, 0.25) is 0 Å². The van der Waals surface area contributed by atoms with Crippen molar-refractivity contribution in [3.05, 3.63) is 23.8 Å². The fourth-order valence-corrected chi connectivity index (χ4v) is 1.89. The van der Waals surface area contributed by atoms with Gasteiger partial charge in [-0.05, 0) is 25.3 Å². The molecule has 1 fully saturated rings. The molecule has 0 amide bonds.